The molecule has 1 aliphatic rings. The largest absolute Gasteiger partial charge is 0.491 e. The van der Waals surface area contributed by atoms with Gasteiger partial charge in [-0.15, -0.1) is 5.10 Å². The molecule has 2 N–H and O–H groups in total. The zero-order valence-corrected chi connectivity index (χ0v) is 16.4. The normalized spacial score (nSPS) is 15.1. The maximum absolute atomic E-state index is 12.4. The van der Waals surface area contributed by atoms with E-state index in [4.69, 9.17) is 16.3 Å². The molecule has 0 aliphatic carbocycles. The molecule has 8 nitrogen and oxygen atoms in total. The minimum absolute atomic E-state index is 0.286. The Kier molecular flexibility index (Phi) is 6.65. The van der Waals surface area contributed by atoms with Crippen LogP contribution in [-0.4, -0.2) is 66.1 Å². The van der Waals surface area contributed by atoms with Crippen LogP contribution in [0, 0.1) is 0 Å². The van der Waals surface area contributed by atoms with Crippen molar-refractivity contribution in [1.82, 2.24) is 25.2 Å². The van der Waals surface area contributed by atoms with Crippen molar-refractivity contribution in [2.45, 2.75) is 18.9 Å². The number of nitrogens with one attached hydrogen (secondary N) is 2. The monoisotopic (exact) mass is 392 g/mol. The number of likely N-dealkylation sites (N-methyl/N-ethyl adjacent to an activating group) is 1. The van der Waals surface area contributed by atoms with Crippen molar-refractivity contribution in [3.63, 3.8) is 0 Å². The fourth-order valence-corrected chi connectivity index (χ4v) is 3.09. The highest BCUT2D eigenvalue weighted by atomic mass is 35.5. The number of halogens is 1. The Labute approximate surface area is 163 Å². The summed E-state index contributed by atoms with van der Waals surface area (Å²) >= 11 is 6.25. The van der Waals surface area contributed by atoms with Gasteiger partial charge in [0.1, 0.15) is 12.4 Å². The molecule has 1 fully saturated rings. The number of hydrogen-bond donors (Lipinski definition) is 2. The highest BCUT2D eigenvalue weighted by molar-refractivity contribution is 6.32. The van der Waals surface area contributed by atoms with Crippen LogP contribution in [0.2, 0.25) is 5.02 Å². The number of nitrogens with zero attached hydrogens (tertiary/aromatic N) is 4. The van der Waals surface area contributed by atoms with E-state index in [2.05, 4.69) is 20.9 Å². The third-order valence-electron chi connectivity index (χ3n) is 4.41. The molecular weight excluding hydrogens is 368 g/mol. The van der Waals surface area contributed by atoms with E-state index in [-0.39, 0.29) is 17.6 Å². The first-order chi connectivity index (χ1) is 13.0. The second-order valence-corrected chi connectivity index (χ2v) is 7.22. The van der Waals surface area contributed by atoms with Crippen molar-refractivity contribution in [3.05, 3.63) is 35.1 Å². The molecule has 1 aromatic carbocycles. The average Bonchev–Trinajstić information content (AvgIpc) is 3.14. The summed E-state index contributed by atoms with van der Waals surface area (Å²) in [5.41, 5.74) is 0.873. The van der Waals surface area contributed by atoms with Crippen LogP contribution in [0.4, 0.5) is 5.69 Å². The SMILES string of the molecule is CN(C)CCOc1ccc(NC(=O)c2cn(C3CCNCC3)nn2)cc1Cl. The van der Waals surface area contributed by atoms with Crippen LogP contribution in [0.15, 0.2) is 24.4 Å². The number of amides is 1. The molecule has 27 heavy (non-hydrogen) atoms. The summed E-state index contributed by atoms with van der Waals surface area (Å²) in [5.74, 6) is 0.279. The van der Waals surface area contributed by atoms with Gasteiger partial charge in [0.15, 0.2) is 5.69 Å². The van der Waals surface area contributed by atoms with Crippen molar-refractivity contribution in [3.8, 4) is 5.75 Å². The summed E-state index contributed by atoms with van der Waals surface area (Å²) in [6, 6.07) is 5.46. The highest BCUT2D eigenvalue weighted by Gasteiger charge is 2.19. The van der Waals surface area contributed by atoms with E-state index in [9.17, 15) is 4.79 Å². The summed E-state index contributed by atoms with van der Waals surface area (Å²) in [6.45, 7) is 3.24. The minimum Gasteiger partial charge on any atom is -0.491 e. The topological polar surface area (TPSA) is 84.3 Å². The van der Waals surface area contributed by atoms with Gasteiger partial charge in [-0.3, -0.25) is 4.79 Å². The molecule has 1 amide bonds. The molecule has 0 saturated carbocycles. The fourth-order valence-electron chi connectivity index (χ4n) is 2.86. The molecule has 3 rings (SSSR count). The summed E-state index contributed by atoms with van der Waals surface area (Å²) in [7, 11) is 3.95. The number of carbonyl (C=O) groups is 1. The van der Waals surface area contributed by atoms with Gasteiger partial charge in [-0.2, -0.15) is 0 Å². The van der Waals surface area contributed by atoms with Crippen LogP contribution in [0.25, 0.3) is 0 Å². The Morgan fingerprint density at radius 1 is 1.41 bits per heavy atom. The number of aromatic nitrogens is 3. The van der Waals surface area contributed by atoms with Gasteiger partial charge < -0.3 is 20.3 Å². The number of benzene rings is 1. The van der Waals surface area contributed by atoms with Crippen molar-refractivity contribution in [2.24, 2.45) is 0 Å². The molecule has 0 radical (unpaired) electrons. The average molecular weight is 393 g/mol. The van der Waals surface area contributed by atoms with Gasteiger partial charge in [-0.1, -0.05) is 16.8 Å². The second-order valence-electron chi connectivity index (χ2n) is 6.82. The maximum atomic E-state index is 12.4. The predicted octanol–water partition coefficient (Wildman–Crippen LogP) is 2.05. The lowest BCUT2D eigenvalue weighted by molar-refractivity contribution is 0.102. The zero-order valence-electron chi connectivity index (χ0n) is 15.6. The Bertz CT molecular complexity index is 773. The molecule has 1 saturated heterocycles. The molecule has 146 valence electrons. The second kappa shape index (κ2) is 9.16. The number of anilines is 1. The van der Waals surface area contributed by atoms with Crippen LogP contribution >= 0.6 is 11.6 Å². The molecule has 1 aliphatic heterocycles. The molecule has 0 atom stereocenters. The number of ether oxygens (including phenoxy) is 1. The first-order valence-corrected chi connectivity index (χ1v) is 9.41. The third-order valence-corrected chi connectivity index (χ3v) is 4.71. The van der Waals surface area contributed by atoms with E-state index < -0.39 is 0 Å². The Balaban J connectivity index is 1.59. The van der Waals surface area contributed by atoms with E-state index in [1.165, 1.54) is 0 Å². The van der Waals surface area contributed by atoms with Gasteiger partial charge in [-0.05, 0) is 58.2 Å². The lowest BCUT2D eigenvalue weighted by atomic mass is 10.1. The van der Waals surface area contributed by atoms with Gasteiger partial charge >= 0.3 is 0 Å². The standard InChI is InChI=1S/C18H25ClN6O2/c1-24(2)9-10-27-17-4-3-13(11-15(17)19)21-18(26)16-12-25(23-22-16)14-5-7-20-8-6-14/h3-4,11-12,14,20H,5-10H2,1-2H3,(H,21,26). The van der Waals surface area contributed by atoms with Crippen molar-refractivity contribution >= 4 is 23.2 Å². The summed E-state index contributed by atoms with van der Waals surface area (Å²) in [6.07, 6.45) is 3.66. The van der Waals surface area contributed by atoms with E-state index in [0.29, 0.717) is 23.1 Å². The van der Waals surface area contributed by atoms with Gasteiger partial charge in [0.25, 0.3) is 5.91 Å². The molecule has 2 heterocycles. The Morgan fingerprint density at radius 3 is 2.89 bits per heavy atom. The molecule has 0 bridgehead atoms. The summed E-state index contributed by atoms with van der Waals surface area (Å²) in [4.78, 5) is 14.5. The number of hydrogen-bond acceptors (Lipinski definition) is 6. The van der Waals surface area contributed by atoms with E-state index in [0.717, 1.165) is 32.5 Å². The predicted molar refractivity (Wildman–Crippen MR) is 105 cm³/mol. The van der Waals surface area contributed by atoms with Crippen LogP contribution in [0.5, 0.6) is 5.75 Å². The molecule has 0 spiro atoms. The highest BCUT2D eigenvalue weighted by Crippen LogP contribution is 2.28. The zero-order chi connectivity index (χ0) is 19.2. The molecular formula is C18H25ClN6O2. The Hall–Kier alpha value is -2.16. The smallest absolute Gasteiger partial charge is 0.277 e. The minimum atomic E-state index is -0.312. The lowest BCUT2D eigenvalue weighted by Gasteiger charge is -2.22. The van der Waals surface area contributed by atoms with Crippen LogP contribution in [0.3, 0.4) is 0 Å². The van der Waals surface area contributed by atoms with E-state index in [1.807, 2.05) is 19.0 Å². The molecule has 9 heteroatoms. The maximum Gasteiger partial charge on any atom is 0.277 e. The van der Waals surface area contributed by atoms with Gasteiger partial charge in [0.2, 0.25) is 0 Å². The number of carbonyl (C=O) groups excluding carboxylic acids is 1. The number of rotatable bonds is 7. The van der Waals surface area contributed by atoms with Gasteiger partial charge in [0.05, 0.1) is 17.3 Å². The van der Waals surface area contributed by atoms with Crippen molar-refractivity contribution in [2.75, 3.05) is 45.7 Å². The summed E-state index contributed by atoms with van der Waals surface area (Å²) < 4.78 is 7.43. The van der Waals surface area contributed by atoms with Crippen LogP contribution in [-0.2, 0) is 0 Å². The Morgan fingerprint density at radius 2 is 2.19 bits per heavy atom. The van der Waals surface area contributed by atoms with Crippen LogP contribution in [0.1, 0.15) is 29.4 Å². The molecule has 2 aromatic rings. The van der Waals surface area contributed by atoms with Gasteiger partial charge in [0, 0.05) is 12.2 Å². The van der Waals surface area contributed by atoms with E-state index >= 15 is 0 Å². The van der Waals surface area contributed by atoms with Gasteiger partial charge in [-0.25, -0.2) is 4.68 Å². The quantitative estimate of drug-likeness (QED) is 0.750. The van der Waals surface area contributed by atoms with Crippen LogP contribution < -0.4 is 15.4 Å². The summed E-state index contributed by atoms with van der Waals surface area (Å²) in [5, 5.41) is 14.7. The van der Waals surface area contributed by atoms with Crippen molar-refractivity contribution < 1.29 is 9.53 Å². The first-order valence-electron chi connectivity index (χ1n) is 9.04. The first kappa shape index (κ1) is 19.6. The lowest BCUT2D eigenvalue weighted by Crippen LogP contribution is -2.29. The number of piperidine rings is 1. The van der Waals surface area contributed by atoms with Crippen molar-refractivity contribution in [1.29, 1.82) is 0 Å². The third kappa shape index (κ3) is 5.41. The van der Waals surface area contributed by atoms with E-state index in [1.54, 1.807) is 29.1 Å². The molecule has 0 unspecified atom stereocenters. The molecule has 1 aromatic heterocycles. The fraction of sp³-hybridized carbons (Fsp3) is 0.500.